The lowest BCUT2D eigenvalue weighted by Crippen LogP contribution is -2.38. The van der Waals surface area contributed by atoms with Gasteiger partial charge in [0.15, 0.2) is 10.2 Å². The zero-order valence-electron chi connectivity index (χ0n) is 48.8. The van der Waals surface area contributed by atoms with Crippen molar-refractivity contribution in [3.05, 3.63) is 0 Å². The molecule has 4 N–H and O–H groups in total. The van der Waals surface area contributed by atoms with Gasteiger partial charge in [0, 0.05) is 62.0 Å². The molecule has 0 aliphatic rings. The van der Waals surface area contributed by atoms with E-state index in [-0.39, 0.29) is 34.6 Å². The first kappa shape index (κ1) is 73.2. The molecule has 0 amide bonds. The molecule has 11 heteroatoms. The van der Waals surface area contributed by atoms with Gasteiger partial charge in [-0.1, -0.05) is 257 Å². The summed E-state index contributed by atoms with van der Waals surface area (Å²) in [6.07, 6.45) is 46.6. The van der Waals surface area contributed by atoms with Gasteiger partial charge >= 0.3 is 0 Å². The third-order valence-corrected chi connectivity index (χ3v) is 18.0. The van der Waals surface area contributed by atoms with Gasteiger partial charge in [-0.3, -0.25) is 19.4 Å². The number of thioether (sulfide) groups is 3. The van der Waals surface area contributed by atoms with Crippen molar-refractivity contribution in [1.29, 1.82) is 0 Å². The second-order valence-corrected chi connectivity index (χ2v) is 25.7. The number of carbonyl (C=O) groups is 2. The molecule has 4 unspecified atom stereocenters. The smallest absolute Gasteiger partial charge is 0.188 e. The van der Waals surface area contributed by atoms with Crippen LogP contribution >= 0.6 is 35.3 Å². The summed E-state index contributed by atoms with van der Waals surface area (Å²) in [7, 11) is 0. The highest BCUT2D eigenvalue weighted by Gasteiger charge is 2.18. The van der Waals surface area contributed by atoms with E-state index < -0.39 is 0 Å². The summed E-state index contributed by atoms with van der Waals surface area (Å²) in [4.78, 5) is 30.0. The molecule has 436 valence electrons. The highest BCUT2D eigenvalue weighted by Crippen LogP contribution is 2.19. The van der Waals surface area contributed by atoms with Gasteiger partial charge in [-0.15, -0.1) is 0 Å². The molecule has 0 fully saturated rings. The van der Waals surface area contributed by atoms with Crippen molar-refractivity contribution >= 4 is 45.5 Å². The van der Waals surface area contributed by atoms with Crippen molar-refractivity contribution in [1.82, 2.24) is 9.80 Å². The van der Waals surface area contributed by atoms with Crippen LogP contribution in [0.15, 0.2) is 0 Å². The monoisotopic (exact) mass is 1090 g/mol. The van der Waals surface area contributed by atoms with E-state index in [4.69, 9.17) is 0 Å². The maximum Gasteiger partial charge on any atom is 0.188 e. The molecule has 0 saturated heterocycles. The molecule has 73 heavy (non-hydrogen) atoms. The SMILES string of the molecule is CCCCCCCCCCC(O)CN(CCCCC(=O)SCCSCCSC(=O)CCCCN(CC(O)CCCCCCCCCC)CC(O)CCCCCCCCCC)CC(O)CCCCCCCCCC. The van der Waals surface area contributed by atoms with E-state index in [0.29, 0.717) is 39.0 Å². The van der Waals surface area contributed by atoms with Gasteiger partial charge in [0.05, 0.1) is 24.4 Å². The third-order valence-electron chi connectivity index (χ3n) is 14.6. The average molecular weight is 1090 g/mol. The number of rotatable bonds is 60. The van der Waals surface area contributed by atoms with Crippen molar-refractivity contribution in [2.45, 2.75) is 322 Å². The number of nitrogens with zero attached hydrogens (tertiary/aromatic N) is 2. The number of unbranched alkanes of at least 4 members (excludes halogenated alkanes) is 30. The van der Waals surface area contributed by atoms with E-state index in [9.17, 15) is 30.0 Å². The third kappa shape index (κ3) is 55.3. The van der Waals surface area contributed by atoms with Gasteiger partial charge in [0.25, 0.3) is 0 Å². The Labute approximate surface area is 466 Å². The molecule has 0 rings (SSSR count). The van der Waals surface area contributed by atoms with Gasteiger partial charge in [-0.2, -0.15) is 11.8 Å². The van der Waals surface area contributed by atoms with Crippen LogP contribution in [0.2, 0.25) is 0 Å². The number of aliphatic hydroxyl groups is 4. The maximum atomic E-state index is 12.8. The van der Waals surface area contributed by atoms with Gasteiger partial charge in [-0.25, -0.2) is 0 Å². The molecule has 0 aromatic carbocycles. The van der Waals surface area contributed by atoms with Crippen molar-refractivity contribution in [3.63, 3.8) is 0 Å². The topological polar surface area (TPSA) is 122 Å². The molecule has 0 spiro atoms. The molecule has 8 nitrogen and oxygen atoms in total. The number of hydrogen-bond donors (Lipinski definition) is 4. The molecule has 4 atom stereocenters. The highest BCUT2D eigenvalue weighted by molar-refractivity contribution is 8.15. The van der Waals surface area contributed by atoms with Crippen LogP contribution in [0.5, 0.6) is 0 Å². The molecule has 0 radical (unpaired) electrons. The van der Waals surface area contributed by atoms with E-state index in [1.54, 1.807) is 0 Å². The fourth-order valence-corrected chi connectivity index (χ4v) is 12.9. The maximum absolute atomic E-state index is 12.8. The van der Waals surface area contributed by atoms with Crippen molar-refractivity contribution in [3.8, 4) is 0 Å². The van der Waals surface area contributed by atoms with Crippen LogP contribution in [0.4, 0.5) is 0 Å². The van der Waals surface area contributed by atoms with E-state index >= 15 is 0 Å². The standard InChI is InChI=1S/C62H124N2O6S3/c1-5-9-13-17-21-25-29-33-41-57(65)53-63(54-58(66)42-34-30-26-22-18-14-10-6-2)47-39-37-45-61(69)72-51-49-71-50-52-73-62(70)46-38-40-48-64(55-59(67)43-35-31-27-23-19-15-11-7-3)56-60(68)44-36-32-28-24-20-16-12-8-4/h57-60,65-68H,5-56H2,1-4H3. The molecule has 0 aliphatic heterocycles. The van der Waals surface area contributed by atoms with E-state index in [1.807, 2.05) is 11.8 Å². The number of aliphatic hydroxyl groups excluding tert-OH is 4. The minimum Gasteiger partial charge on any atom is -0.392 e. The molecule has 0 aromatic heterocycles. The summed E-state index contributed by atoms with van der Waals surface area (Å²) in [6, 6.07) is 0. The van der Waals surface area contributed by atoms with E-state index in [0.717, 1.165) is 113 Å². The molecule has 0 bridgehead atoms. The van der Waals surface area contributed by atoms with Crippen LogP contribution in [0.1, 0.15) is 297 Å². The first-order valence-corrected chi connectivity index (χ1v) is 34.8. The molecule has 0 saturated carbocycles. The van der Waals surface area contributed by atoms with Crippen LogP contribution in [0.3, 0.4) is 0 Å². The Bertz CT molecular complexity index is 1000. The molecule has 0 aromatic rings. The van der Waals surface area contributed by atoms with Crippen molar-refractivity contribution < 1.29 is 30.0 Å². The fourth-order valence-electron chi connectivity index (χ4n) is 10.0. The summed E-state index contributed by atoms with van der Waals surface area (Å²) < 4.78 is 0. The Morgan fingerprint density at radius 2 is 0.548 bits per heavy atom. The van der Waals surface area contributed by atoms with E-state index in [2.05, 4.69) is 37.5 Å². The lowest BCUT2D eigenvalue weighted by Gasteiger charge is -2.27. The lowest BCUT2D eigenvalue weighted by molar-refractivity contribution is -0.111. The molecule has 0 aliphatic carbocycles. The predicted octanol–water partition coefficient (Wildman–Crippen LogP) is 16.8. The van der Waals surface area contributed by atoms with Crippen LogP contribution < -0.4 is 0 Å². The Morgan fingerprint density at radius 1 is 0.315 bits per heavy atom. The van der Waals surface area contributed by atoms with Crippen LogP contribution in [0, 0.1) is 0 Å². The Hall–Kier alpha value is 0.150. The summed E-state index contributed by atoms with van der Waals surface area (Å²) in [5.74, 6) is 3.39. The summed E-state index contributed by atoms with van der Waals surface area (Å²) in [5.41, 5.74) is 0. The highest BCUT2D eigenvalue weighted by atomic mass is 32.2. The minimum atomic E-state index is -0.371. The van der Waals surface area contributed by atoms with Crippen molar-refractivity contribution in [2.24, 2.45) is 0 Å². The number of hydrogen-bond acceptors (Lipinski definition) is 11. The van der Waals surface area contributed by atoms with Crippen LogP contribution in [0.25, 0.3) is 0 Å². The zero-order valence-corrected chi connectivity index (χ0v) is 51.3. The van der Waals surface area contributed by atoms with Crippen LogP contribution in [-0.2, 0) is 9.59 Å². The fraction of sp³-hybridized carbons (Fsp3) is 0.968. The first-order chi connectivity index (χ1) is 35.6. The molecular formula is C62H124N2O6S3. The Kier molecular flexibility index (Phi) is 58.4. The van der Waals surface area contributed by atoms with Gasteiger partial charge in [0.2, 0.25) is 0 Å². The van der Waals surface area contributed by atoms with E-state index in [1.165, 1.54) is 203 Å². The second-order valence-electron chi connectivity index (χ2n) is 22.2. The zero-order chi connectivity index (χ0) is 53.5. The summed E-state index contributed by atoms with van der Waals surface area (Å²) in [6.45, 7) is 13.0. The normalized spacial score (nSPS) is 13.6. The molecule has 0 heterocycles. The van der Waals surface area contributed by atoms with Gasteiger partial charge in [0.1, 0.15) is 0 Å². The quantitative estimate of drug-likeness (QED) is 0.0436. The van der Waals surface area contributed by atoms with Crippen molar-refractivity contribution in [2.75, 3.05) is 62.3 Å². The molecular weight excluding hydrogens is 965 g/mol. The average Bonchev–Trinajstić information content (AvgIpc) is 3.37. The summed E-state index contributed by atoms with van der Waals surface area (Å²) >= 11 is 4.69. The number of carbonyl (C=O) groups excluding carboxylic acids is 2. The van der Waals surface area contributed by atoms with Crippen LogP contribution in [-0.4, -0.2) is 127 Å². The largest absolute Gasteiger partial charge is 0.392 e. The Balaban J connectivity index is 4.52. The predicted molar refractivity (Wildman–Crippen MR) is 326 cm³/mol. The second kappa shape index (κ2) is 58.3. The first-order valence-electron chi connectivity index (χ1n) is 31.7. The summed E-state index contributed by atoms with van der Waals surface area (Å²) in [5, 5.41) is 44.4. The minimum absolute atomic E-state index is 0.246. The van der Waals surface area contributed by atoms with Gasteiger partial charge in [-0.05, 0) is 64.5 Å². The lowest BCUT2D eigenvalue weighted by atomic mass is 10.0. The Morgan fingerprint density at radius 3 is 0.795 bits per heavy atom. The van der Waals surface area contributed by atoms with Gasteiger partial charge < -0.3 is 20.4 Å².